The zero-order valence-corrected chi connectivity index (χ0v) is 39.0. The van der Waals surface area contributed by atoms with Crippen molar-refractivity contribution in [2.75, 3.05) is 47.5 Å². The number of esters is 2. The first-order valence-corrected chi connectivity index (χ1v) is 25.4. The molecule has 0 fully saturated rings. The molecule has 0 aliphatic carbocycles. The summed E-state index contributed by atoms with van der Waals surface area (Å²) in [6, 6.07) is 0. The van der Waals surface area contributed by atoms with Crippen LogP contribution in [0.25, 0.3) is 0 Å². The summed E-state index contributed by atoms with van der Waals surface area (Å²) in [6.07, 6.45) is 42.5. The van der Waals surface area contributed by atoms with Gasteiger partial charge in [-0.1, -0.05) is 187 Å². The molecule has 0 radical (unpaired) electrons. The Kier molecular flexibility index (Phi) is 39.3. The lowest BCUT2D eigenvalue weighted by Gasteiger charge is -2.24. The third-order valence-corrected chi connectivity index (χ3v) is 11.5. The van der Waals surface area contributed by atoms with Crippen LogP contribution in [0.15, 0.2) is 12.2 Å². The number of hydrogen-bond donors (Lipinski definition) is 1. The van der Waals surface area contributed by atoms with E-state index >= 15 is 0 Å². The summed E-state index contributed by atoms with van der Waals surface area (Å²) < 4.78 is 34.4. The predicted molar refractivity (Wildman–Crippen MR) is 238 cm³/mol. The van der Waals surface area contributed by atoms with Gasteiger partial charge in [-0.05, 0) is 38.5 Å². The Morgan fingerprint density at radius 3 is 1.30 bits per heavy atom. The number of likely N-dealkylation sites (N-methyl/N-ethyl adjacent to an activating group) is 1. The van der Waals surface area contributed by atoms with Gasteiger partial charge in [0.15, 0.2) is 6.10 Å². The first kappa shape index (κ1) is 55.8. The van der Waals surface area contributed by atoms with Gasteiger partial charge < -0.3 is 18.9 Å². The summed E-state index contributed by atoms with van der Waals surface area (Å²) in [7, 11) is 1.48. The standard InChI is InChI=1S/C47H92NO8P/c1-6-8-10-12-14-16-18-20-22-24-26-27-29-31-33-35-37-39-46(49)53-43-45(44-55-57(51,52)54-42-41-48(3,4)5)56-47(50)40-38-36-34-32-30-28-25-23-21-19-17-15-13-11-9-7-2/h23,25,45H,6-22,24,26-44H2,1-5H3/p+1/b25-23-. The summed E-state index contributed by atoms with van der Waals surface area (Å²) in [6.45, 7) is 4.45. The zero-order valence-electron chi connectivity index (χ0n) is 38.1. The average molecular weight is 831 g/mol. The molecule has 0 aliphatic heterocycles. The van der Waals surface area contributed by atoms with Crippen molar-refractivity contribution in [1.82, 2.24) is 0 Å². The number of allylic oxidation sites excluding steroid dienone is 2. The molecule has 338 valence electrons. The van der Waals surface area contributed by atoms with Crippen LogP contribution in [-0.2, 0) is 32.7 Å². The highest BCUT2D eigenvalue weighted by molar-refractivity contribution is 7.47. The summed E-state index contributed by atoms with van der Waals surface area (Å²) >= 11 is 0. The highest BCUT2D eigenvalue weighted by Gasteiger charge is 2.27. The first-order chi connectivity index (χ1) is 27.5. The lowest BCUT2D eigenvalue weighted by molar-refractivity contribution is -0.870. The minimum absolute atomic E-state index is 0.0334. The smallest absolute Gasteiger partial charge is 0.462 e. The minimum Gasteiger partial charge on any atom is -0.462 e. The van der Waals surface area contributed by atoms with Gasteiger partial charge in [-0.2, -0.15) is 0 Å². The number of nitrogens with zero attached hydrogens (tertiary/aromatic N) is 1. The summed E-state index contributed by atoms with van der Waals surface area (Å²) in [4.78, 5) is 35.4. The van der Waals surface area contributed by atoms with E-state index in [1.54, 1.807) is 0 Å². The number of carbonyl (C=O) groups is 2. The number of hydrogen-bond acceptors (Lipinski definition) is 7. The maximum atomic E-state index is 12.7. The molecule has 0 bridgehead atoms. The van der Waals surface area contributed by atoms with Crippen LogP contribution in [-0.4, -0.2) is 74.9 Å². The van der Waals surface area contributed by atoms with Gasteiger partial charge in [0.25, 0.3) is 0 Å². The molecule has 0 aromatic heterocycles. The van der Waals surface area contributed by atoms with E-state index in [0.717, 1.165) is 51.4 Å². The molecule has 0 saturated carbocycles. The van der Waals surface area contributed by atoms with E-state index in [0.29, 0.717) is 23.9 Å². The second-order valence-corrected chi connectivity index (χ2v) is 19.0. The van der Waals surface area contributed by atoms with Crippen LogP contribution in [0.1, 0.15) is 226 Å². The Labute approximate surface area is 352 Å². The Hall–Kier alpha value is -1.25. The number of quaternary nitrogens is 1. The van der Waals surface area contributed by atoms with Crippen molar-refractivity contribution >= 4 is 19.8 Å². The molecule has 9 nitrogen and oxygen atoms in total. The molecule has 0 aliphatic rings. The lowest BCUT2D eigenvalue weighted by Crippen LogP contribution is -2.37. The fraction of sp³-hybridized carbons (Fsp3) is 0.915. The van der Waals surface area contributed by atoms with Crippen LogP contribution in [0.3, 0.4) is 0 Å². The fourth-order valence-corrected chi connectivity index (χ4v) is 7.52. The number of phosphoric ester groups is 1. The molecule has 10 heteroatoms. The third kappa shape index (κ3) is 44.1. The summed E-state index contributed by atoms with van der Waals surface area (Å²) in [5.74, 6) is -0.795. The number of phosphoric acid groups is 1. The van der Waals surface area contributed by atoms with E-state index in [-0.39, 0.29) is 25.6 Å². The second-order valence-electron chi connectivity index (χ2n) is 17.5. The van der Waals surface area contributed by atoms with Gasteiger partial charge in [0.2, 0.25) is 0 Å². The summed E-state index contributed by atoms with van der Waals surface area (Å²) in [5, 5.41) is 0. The van der Waals surface area contributed by atoms with Crippen molar-refractivity contribution in [2.45, 2.75) is 232 Å². The van der Waals surface area contributed by atoms with Crippen molar-refractivity contribution in [3.05, 3.63) is 12.2 Å². The third-order valence-electron chi connectivity index (χ3n) is 10.5. The van der Waals surface area contributed by atoms with Crippen LogP contribution in [0.4, 0.5) is 0 Å². The van der Waals surface area contributed by atoms with Crippen LogP contribution >= 0.6 is 7.82 Å². The van der Waals surface area contributed by atoms with E-state index < -0.39 is 26.5 Å². The van der Waals surface area contributed by atoms with Gasteiger partial charge in [-0.15, -0.1) is 0 Å². The number of rotatable bonds is 44. The molecule has 0 saturated heterocycles. The van der Waals surface area contributed by atoms with Gasteiger partial charge in [0.05, 0.1) is 27.7 Å². The molecule has 0 heterocycles. The van der Waals surface area contributed by atoms with Crippen LogP contribution in [0, 0.1) is 0 Å². The summed E-state index contributed by atoms with van der Waals surface area (Å²) in [5.41, 5.74) is 0. The van der Waals surface area contributed by atoms with E-state index in [1.807, 2.05) is 21.1 Å². The normalized spacial score (nSPS) is 13.6. The van der Waals surface area contributed by atoms with E-state index in [4.69, 9.17) is 18.5 Å². The van der Waals surface area contributed by atoms with Crippen molar-refractivity contribution < 1.29 is 42.1 Å². The van der Waals surface area contributed by atoms with Crippen molar-refractivity contribution in [3.63, 3.8) is 0 Å². The zero-order chi connectivity index (χ0) is 42.1. The Morgan fingerprint density at radius 2 is 0.895 bits per heavy atom. The number of ether oxygens (including phenoxy) is 2. The molecule has 0 aromatic rings. The largest absolute Gasteiger partial charge is 0.472 e. The molecular formula is C47H93NO8P+. The van der Waals surface area contributed by atoms with Crippen LogP contribution < -0.4 is 0 Å². The molecule has 0 amide bonds. The highest BCUT2D eigenvalue weighted by atomic mass is 31.2. The molecule has 2 unspecified atom stereocenters. The van der Waals surface area contributed by atoms with Gasteiger partial charge in [0, 0.05) is 12.8 Å². The van der Waals surface area contributed by atoms with Crippen molar-refractivity contribution in [2.24, 2.45) is 0 Å². The topological polar surface area (TPSA) is 108 Å². The number of carbonyl (C=O) groups excluding carboxylic acids is 2. The molecule has 0 rings (SSSR count). The van der Waals surface area contributed by atoms with E-state index in [1.165, 1.54) is 141 Å². The molecule has 2 atom stereocenters. The molecule has 0 aromatic carbocycles. The monoisotopic (exact) mass is 831 g/mol. The Balaban J connectivity index is 4.29. The molecule has 1 N–H and O–H groups in total. The van der Waals surface area contributed by atoms with Crippen molar-refractivity contribution in [1.29, 1.82) is 0 Å². The molecular weight excluding hydrogens is 737 g/mol. The van der Waals surface area contributed by atoms with Crippen LogP contribution in [0.5, 0.6) is 0 Å². The maximum absolute atomic E-state index is 12.7. The predicted octanol–water partition coefficient (Wildman–Crippen LogP) is 13.8. The molecule has 0 spiro atoms. The van der Waals surface area contributed by atoms with Crippen molar-refractivity contribution in [3.8, 4) is 0 Å². The highest BCUT2D eigenvalue weighted by Crippen LogP contribution is 2.43. The second kappa shape index (κ2) is 40.2. The maximum Gasteiger partial charge on any atom is 0.472 e. The number of unbranched alkanes of at least 4 members (excludes halogenated alkanes) is 28. The van der Waals surface area contributed by atoms with Gasteiger partial charge in [-0.25, -0.2) is 4.57 Å². The van der Waals surface area contributed by atoms with Gasteiger partial charge >= 0.3 is 19.8 Å². The van der Waals surface area contributed by atoms with E-state index in [2.05, 4.69) is 26.0 Å². The quantitative estimate of drug-likeness (QED) is 0.0213. The average Bonchev–Trinajstić information content (AvgIpc) is 3.16. The Morgan fingerprint density at radius 1 is 0.526 bits per heavy atom. The lowest BCUT2D eigenvalue weighted by atomic mass is 10.0. The SMILES string of the molecule is CCCCCCCCC/C=C\CCCCCCCC(=O)OC(COC(=O)CCCCCCCCCCCCCCCCCCC)COP(=O)(O)OCC[N+](C)(C)C. The fourth-order valence-electron chi connectivity index (χ4n) is 6.77. The van der Waals surface area contributed by atoms with Gasteiger partial charge in [0.1, 0.15) is 19.8 Å². The van der Waals surface area contributed by atoms with Gasteiger partial charge in [-0.3, -0.25) is 18.6 Å². The Bertz CT molecular complexity index is 985. The molecule has 57 heavy (non-hydrogen) atoms. The van der Waals surface area contributed by atoms with E-state index in [9.17, 15) is 19.0 Å². The first-order valence-electron chi connectivity index (χ1n) is 23.9. The van der Waals surface area contributed by atoms with Crippen LogP contribution in [0.2, 0.25) is 0 Å². The minimum atomic E-state index is -4.37.